The molecule has 2 aromatic heterocycles. The zero-order valence-corrected chi connectivity index (χ0v) is 16.0. The number of carbonyl (C=O) groups is 1. The number of aldehydes is 1. The number of aromatic nitrogens is 2. The Kier molecular flexibility index (Phi) is 4.47. The molecule has 0 amide bonds. The molecule has 3 aromatic rings. The minimum atomic E-state index is -0.0248. The van der Waals surface area contributed by atoms with Crippen LogP contribution in [0.2, 0.25) is 0 Å². The third-order valence-electron chi connectivity index (χ3n) is 6.43. The molecule has 1 aliphatic rings. The van der Waals surface area contributed by atoms with E-state index in [9.17, 15) is 4.79 Å². The van der Waals surface area contributed by atoms with Gasteiger partial charge in [-0.25, -0.2) is 0 Å². The number of rotatable bonds is 5. The van der Waals surface area contributed by atoms with Crippen molar-refractivity contribution in [3.05, 3.63) is 59.5 Å². The molecule has 0 spiro atoms. The van der Waals surface area contributed by atoms with Crippen molar-refractivity contribution < 1.29 is 4.79 Å². The van der Waals surface area contributed by atoms with Gasteiger partial charge in [-0.3, -0.25) is 0 Å². The van der Waals surface area contributed by atoms with E-state index < -0.39 is 0 Å². The van der Waals surface area contributed by atoms with Gasteiger partial charge in [0.25, 0.3) is 0 Å². The van der Waals surface area contributed by atoms with E-state index in [1.807, 2.05) is 0 Å². The Labute approximate surface area is 155 Å². The van der Waals surface area contributed by atoms with Gasteiger partial charge in [-0.1, -0.05) is 31.5 Å². The maximum absolute atomic E-state index is 12.3. The lowest BCUT2D eigenvalue weighted by Gasteiger charge is -2.37. The Morgan fingerprint density at radius 3 is 2.62 bits per heavy atom. The van der Waals surface area contributed by atoms with E-state index in [1.54, 1.807) is 0 Å². The molecule has 0 N–H and O–H groups in total. The summed E-state index contributed by atoms with van der Waals surface area (Å²) in [5.41, 5.74) is 5.22. The van der Waals surface area contributed by atoms with E-state index in [0.29, 0.717) is 11.8 Å². The predicted octanol–water partition coefficient (Wildman–Crippen LogP) is 4.95. The molecule has 0 saturated carbocycles. The highest BCUT2D eigenvalue weighted by Crippen LogP contribution is 2.45. The van der Waals surface area contributed by atoms with Crippen molar-refractivity contribution in [2.45, 2.75) is 52.6 Å². The molecule has 0 fully saturated rings. The quantitative estimate of drug-likeness (QED) is 0.599. The maximum atomic E-state index is 12.3. The zero-order chi connectivity index (χ0) is 18.3. The second-order valence-corrected chi connectivity index (χ2v) is 7.62. The molecule has 1 aromatic carbocycles. The van der Waals surface area contributed by atoms with Gasteiger partial charge >= 0.3 is 0 Å². The third-order valence-corrected chi connectivity index (χ3v) is 6.43. The molecule has 2 heterocycles. The Morgan fingerprint density at radius 1 is 1.15 bits per heavy atom. The van der Waals surface area contributed by atoms with Crippen molar-refractivity contribution >= 4 is 17.2 Å². The predicted molar refractivity (Wildman–Crippen MR) is 107 cm³/mol. The lowest BCUT2D eigenvalue weighted by atomic mass is 9.69. The first-order chi connectivity index (χ1) is 12.7. The van der Waals surface area contributed by atoms with Crippen molar-refractivity contribution in [1.82, 2.24) is 9.13 Å². The van der Waals surface area contributed by atoms with Gasteiger partial charge in [0.1, 0.15) is 6.29 Å². The van der Waals surface area contributed by atoms with Crippen LogP contribution in [0.15, 0.2) is 42.6 Å². The van der Waals surface area contributed by atoms with Gasteiger partial charge in [0.05, 0.1) is 0 Å². The minimum absolute atomic E-state index is 0.0248. The van der Waals surface area contributed by atoms with Crippen molar-refractivity contribution in [2.24, 2.45) is 11.8 Å². The van der Waals surface area contributed by atoms with Gasteiger partial charge in [0.15, 0.2) is 0 Å². The van der Waals surface area contributed by atoms with Gasteiger partial charge in [-0.2, -0.15) is 0 Å². The van der Waals surface area contributed by atoms with E-state index in [4.69, 9.17) is 0 Å². The van der Waals surface area contributed by atoms with E-state index >= 15 is 0 Å². The summed E-state index contributed by atoms with van der Waals surface area (Å²) >= 11 is 0. The molecule has 0 saturated heterocycles. The molecule has 3 unspecified atom stereocenters. The summed E-state index contributed by atoms with van der Waals surface area (Å²) < 4.78 is 4.74. The fourth-order valence-corrected chi connectivity index (χ4v) is 5.05. The third kappa shape index (κ3) is 2.53. The number of nitrogens with zero attached hydrogens (tertiary/aromatic N) is 2. The van der Waals surface area contributed by atoms with E-state index in [2.05, 4.69) is 72.5 Å². The Balaban J connectivity index is 1.87. The number of hydrogen-bond donors (Lipinski definition) is 0. The molecule has 3 atom stereocenters. The topological polar surface area (TPSA) is 26.9 Å². The molecule has 1 aliphatic carbocycles. The first-order valence-corrected chi connectivity index (χ1v) is 9.86. The highest BCUT2D eigenvalue weighted by molar-refractivity contribution is 5.89. The Morgan fingerprint density at radius 2 is 1.96 bits per heavy atom. The SMILES string of the molecule is CCC1Cc2c(c3ccccc3n2CC)C(C=O)C1Cn1cccc1C. The van der Waals surface area contributed by atoms with Crippen molar-refractivity contribution in [3.63, 3.8) is 0 Å². The fourth-order valence-electron chi connectivity index (χ4n) is 5.05. The van der Waals surface area contributed by atoms with Gasteiger partial charge in [0, 0.05) is 47.5 Å². The van der Waals surface area contributed by atoms with Crippen LogP contribution in [0.1, 0.15) is 43.1 Å². The molecule has 0 radical (unpaired) electrons. The fraction of sp³-hybridized carbons (Fsp3) is 0.435. The normalized spacial score (nSPS) is 22.5. The molecule has 3 nitrogen and oxygen atoms in total. The van der Waals surface area contributed by atoms with Crippen LogP contribution in [0.3, 0.4) is 0 Å². The summed E-state index contributed by atoms with van der Waals surface area (Å²) in [4.78, 5) is 12.3. The van der Waals surface area contributed by atoms with Crippen LogP contribution in [-0.2, 0) is 24.3 Å². The summed E-state index contributed by atoms with van der Waals surface area (Å²) in [6.45, 7) is 8.50. The summed E-state index contributed by atoms with van der Waals surface area (Å²) in [6.07, 6.45) is 5.55. The van der Waals surface area contributed by atoms with Crippen molar-refractivity contribution in [1.29, 1.82) is 0 Å². The second-order valence-electron chi connectivity index (χ2n) is 7.62. The molecule has 26 heavy (non-hydrogen) atoms. The summed E-state index contributed by atoms with van der Waals surface area (Å²) in [7, 11) is 0. The lowest BCUT2D eigenvalue weighted by molar-refractivity contribution is -0.111. The number of hydrogen-bond acceptors (Lipinski definition) is 1. The van der Waals surface area contributed by atoms with Gasteiger partial charge in [-0.15, -0.1) is 0 Å². The number of fused-ring (bicyclic) bond motifs is 3. The molecular weight excluding hydrogens is 320 g/mol. The molecular formula is C23H28N2O. The Bertz CT molecular complexity index is 933. The van der Waals surface area contributed by atoms with Gasteiger partial charge in [0.2, 0.25) is 0 Å². The van der Waals surface area contributed by atoms with Gasteiger partial charge < -0.3 is 13.9 Å². The maximum Gasteiger partial charge on any atom is 0.127 e. The number of carbonyl (C=O) groups excluding carboxylic acids is 1. The largest absolute Gasteiger partial charge is 0.351 e. The Hall–Kier alpha value is -2.29. The van der Waals surface area contributed by atoms with Gasteiger partial charge in [-0.05, 0) is 55.9 Å². The van der Waals surface area contributed by atoms with E-state index in [1.165, 1.54) is 34.1 Å². The smallest absolute Gasteiger partial charge is 0.127 e. The number of benzene rings is 1. The average molecular weight is 348 g/mol. The van der Waals surface area contributed by atoms with Crippen LogP contribution in [0.4, 0.5) is 0 Å². The molecule has 0 bridgehead atoms. The monoisotopic (exact) mass is 348 g/mol. The van der Waals surface area contributed by atoms with Crippen LogP contribution < -0.4 is 0 Å². The van der Waals surface area contributed by atoms with Crippen LogP contribution in [0.25, 0.3) is 10.9 Å². The average Bonchev–Trinajstić information content (AvgIpc) is 3.21. The number of para-hydroxylation sites is 1. The lowest BCUT2D eigenvalue weighted by Crippen LogP contribution is -2.34. The van der Waals surface area contributed by atoms with Crippen LogP contribution >= 0.6 is 0 Å². The van der Waals surface area contributed by atoms with E-state index in [-0.39, 0.29) is 5.92 Å². The standard InChI is InChI=1S/C23H28N2O/c1-4-17-13-22-23(18-10-6-7-11-21(18)25(22)5-2)20(15-26)19(17)14-24-12-8-9-16(24)3/h6-12,15,17,19-20H,4-5,13-14H2,1-3H3. The summed E-state index contributed by atoms with van der Waals surface area (Å²) in [5.74, 6) is 0.865. The van der Waals surface area contributed by atoms with Crippen LogP contribution in [0.5, 0.6) is 0 Å². The number of aryl methyl sites for hydroxylation is 2. The summed E-state index contributed by atoms with van der Waals surface area (Å²) in [6, 6.07) is 12.8. The molecule has 3 heteroatoms. The van der Waals surface area contributed by atoms with Crippen LogP contribution in [0, 0.1) is 18.8 Å². The second kappa shape index (κ2) is 6.79. The minimum Gasteiger partial charge on any atom is -0.351 e. The summed E-state index contributed by atoms with van der Waals surface area (Å²) in [5, 5.41) is 1.27. The van der Waals surface area contributed by atoms with E-state index in [0.717, 1.165) is 25.9 Å². The first-order valence-electron chi connectivity index (χ1n) is 9.86. The molecule has 4 rings (SSSR count). The van der Waals surface area contributed by atoms with Crippen molar-refractivity contribution in [3.8, 4) is 0 Å². The molecule has 136 valence electrons. The first kappa shape index (κ1) is 17.1. The highest BCUT2D eigenvalue weighted by atomic mass is 16.1. The van der Waals surface area contributed by atoms with Crippen LogP contribution in [-0.4, -0.2) is 15.4 Å². The van der Waals surface area contributed by atoms with Crippen molar-refractivity contribution in [2.75, 3.05) is 0 Å². The highest BCUT2D eigenvalue weighted by Gasteiger charge is 2.39. The zero-order valence-electron chi connectivity index (χ0n) is 16.0. The molecule has 0 aliphatic heterocycles.